The molecule has 0 aromatic rings. The van der Waals surface area contributed by atoms with E-state index in [0.29, 0.717) is 0 Å². The van der Waals surface area contributed by atoms with Crippen LogP contribution in [0, 0.1) is 0 Å². The van der Waals surface area contributed by atoms with Gasteiger partial charge in [-0.25, -0.2) is 0 Å². The number of rotatable bonds is 0. The molecule has 2 heteroatoms. The second-order valence-electron chi connectivity index (χ2n) is 3.72. The molecule has 0 amide bonds. The third-order valence-corrected chi connectivity index (χ3v) is 2.68. The van der Waals surface area contributed by atoms with Crippen LogP contribution in [-0.2, 0) is 9.47 Å². The van der Waals surface area contributed by atoms with Gasteiger partial charge >= 0.3 is 0 Å². The van der Waals surface area contributed by atoms with Crippen molar-refractivity contribution in [1.29, 1.82) is 0 Å². The Morgan fingerprint density at radius 3 is 2.67 bits per heavy atom. The summed E-state index contributed by atoms with van der Waals surface area (Å²) in [6, 6.07) is 0. The quantitative estimate of drug-likeness (QED) is 0.516. The zero-order valence-corrected chi connectivity index (χ0v) is 7.64. The minimum atomic E-state index is -0.238. The summed E-state index contributed by atoms with van der Waals surface area (Å²) < 4.78 is 11.4. The molecule has 0 aromatic carbocycles. The number of hydrogen-bond donors (Lipinski definition) is 0. The maximum atomic E-state index is 5.69. The molecule has 68 valence electrons. The van der Waals surface area contributed by atoms with Gasteiger partial charge in [0, 0.05) is 12.8 Å². The van der Waals surface area contributed by atoms with Crippen LogP contribution in [-0.4, -0.2) is 19.0 Å². The molecule has 2 rings (SSSR count). The van der Waals surface area contributed by atoms with Crippen LogP contribution in [0.25, 0.3) is 0 Å². The molecule has 1 aliphatic carbocycles. The first-order valence-electron chi connectivity index (χ1n) is 4.74. The second kappa shape index (κ2) is 3.19. The minimum Gasteiger partial charge on any atom is -0.349 e. The second-order valence-corrected chi connectivity index (χ2v) is 3.72. The monoisotopic (exact) mass is 168 g/mol. The summed E-state index contributed by atoms with van der Waals surface area (Å²) in [5.74, 6) is -0.238. The normalized spacial score (nSPS) is 28.6. The fourth-order valence-corrected chi connectivity index (χ4v) is 1.80. The molecule has 1 saturated heterocycles. The molecule has 1 fully saturated rings. The average molecular weight is 168 g/mol. The summed E-state index contributed by atoms with van der Waals surface area (Å²) in [5.41, 5.74) is 1.47. The van der Waals surface area contributed by atoms with Gasteiger partial charge in [-0.15, -0.1) is 0 Å². The van der Waals surface area contributed by atoms with Gasteiger partial charge in [0.05, 0.1) is 13.2 Å². The minimum absolute atomic E-state index is 0.238. The van der Waals surface area contributed by atoms with Gasteiger partial charge in [0.1, 0.15) is 0 Å². The smallest absolute Gasteiger partial charge is 0.171 e. The Bertz CT molecular complexity index is 190. The van der Waals surface area contributed by atoms with Crippen molar-refractivity contribution in [3.05, 3.63) is 11.6 Å². The van der Waals surface area contributed by atoms with Crippen molar-refractivity contribution in [3.8, 4) is 0 Å². The third kappa shape index (κ3) is 1.54. The van der Waals surface area contributed by atoms with E-state index in [-0.39, 0.29) is 5.79 Å². The molecule has 1 spiro atoms. The van der Waals surface area contributed by atoms with Gasteiger partial charge < -0.3 is 9.47 Å². The van der Waals surface area contributed by atoms with Crippen LogP contribution in [0.4, 0.5) is 0 Å². The van der Waals surface area contributed by atoms with Crippen LogP contribution in [0.2, 0.25) is 0 Å². The first kappa shape index (κ1) is 8.27. The third-order valence-electron chi connectivity index (χ3n) is 2.68. The lowest BCUT2D eigenvalue weighted by Crippen LogP contribution is -2.41. The highest BCUT2D eigenvalue weighted by Crippen LogP contribution is 2.33. The van der Waals surface area contributed by atoms with Crippen molar-refractivity contribution in [1.82, 2.24) is 0 Å². The molecule has 0 bridgehead atoms. The van der Waals surface area contributed by atoms with Gasteiger partial charge in [0.15, 0.2) is 5.79 Å². The fraction of sp³-hybridized carbons (Fsp3) is 0.800. The van der Waals surface area contributed by atoms with E-state index in [4.69, 9.17) is 9.47 Å². The summed E-state index contributed by atoms with van der Waals surface area (Å²) >= 11 is 0. The lowest BCUT2D eigenvalue weighted by molar-refractivity contribution is -0.269. The zero-order valence-electron chi connectivity index (χ0n) is 7.64. The van der Waals surface area contributed by atoms with Crippen molar-refractivity contribution in [2.75, 3.05) is 13.2 Å². The van der Waals surface area contributed by atoms with E-state index in [0.717, 1.165) is 38.9 Å². The molecule has 0 aromatic heterocycles. The Hall–Kier alpha value is -0.340. The largest absolute Gasteiger partial charge is 0.349 e. The molecule has 0 unspecified atom stereocenters. The maximum Gasteiger partial charge on any atom is 0.171 e. The van der Waals surface area contributed by atoms with Crippen LogP contribution in [0.3, 0.4) is 0 Å². The van der Waals surface area contributed by atoms with Gasteiger partial charge in [-0.1, -0.05) is 11.6 Å². The summed E-state index contributed by atoms with van der Waals surface area (Å²) in [6.45, 7) is 3.91. The van der Waals surface area contributed by atoms with Crippen LogP contribution in [0.5, 0.6) is 0 Å². The van der Waals surface area contributed by atoms with Crippen molar-refractivity contribution >= 4 is 0 Å². The standard InChI is InChI=1S/C10H16O2/c1-9-3-5-10(6-4-9)11-7-2-8-12-10/h3H,2,4-8H2,1H3. The summed E-state index contributed by atoms with van der Waals surface area (Å²) in [6.07, 6.45) is 6.40. The molecular weight excluding hydrogens is 152 g/mol. The number of hydrogen-bond acceptors (Lipinski definition) is 2. The van der Waals surface area contributed by atoms with Crippen LogP contribution in [0.1, 0.15) is 32.6 Å². The zero-order chi connectivity index (χ0) is 8.44. The van der Waals surface area contributed by atoms with Gasteiger partial charge in [-0.3, -0.25) is 0 Å². The Labute approximate surface area is 73.5 Å². The average Bonchev–Trinajstić information content (AvgIpc) is 2.13. The van der Waals surface area contributed by atoms with E-state index in [2.05, 4.69) is 13.0 Å². The molecule has 2 aliphatic rings. The van der Waals surface area contributed by atoms with Crippen molar-refractivity contribution in [3.63, 3.8) is 0 Å². The summed E-state index contributed by atoms with van der Waals surface area (Å²) in [5, 5.41) is 0. The Morgan fingerprint density at radius 1 is 1.33 bits per heavy atom. The SMILES string of the molecule is CC1=CCC2(CC1)OCCCO2. The molecule has 0 radical (unpaired) electrons. The molecule has 1 heterocycles. The highest BCUT2D eigenvalue weighted by Gasteiger charge is 2.35. The van der Waals surface area contributed by atoms with Gasteiger partial charge in [-0.2, -0.15) is 0 Å². The fourth-order valence-electron chi connectivity index (χ4n) is 1.80. The van der Waals surface area contributed by atoms with Crippen molar-refractivity contribution in [2.45, 2.75) is 38.4 Å². The predicted octanol–water partition coefficient (Wildman–Crippen LogP) is 2.25. The van der Waals surface area contributed by atoms with E-state index >= 15 is 0 Å². The number of ether oxygens (including phenoxy) is 2. The van der Waals surface area contributed by atoms with E-state index < -0.39 is 0 Å². The summed E-state index contributed by atoms with van der Waals surface area (Å²) in [4.78, 5) is 0. The Morgan fingerprint density at radius 2 is 2.08 bits per heavy atom. The van der Waals surface area contributed by atoms with Crippen LogP contribution < -0.4 is 0 Å². The highest BCUT2D eigenvalue weighted by atomic mass is 16.7. The molecule has 0 N–H and O–H groups in total. The molecule has 1 aliphatic heterocycles. The highest BCUT2D eigenvalue weighted by molar-refractivity contribution is 5.06. The van der Waals surface area contributed by atoms with E-state index in [1.807, 2.05) is 0 Å². The molecular formula is C10H16O2. The van der Waals surface area contributed by atoms with Gasteiger partial charge in [0.25, 0.3) is 0 Å². The van der Waals surface area contributed by atoms with E-state index in [1.165, 1.54) is 5.57 Å². The van der Waals surface area contributed by atoms with Crippen molar-refractivity contribution < 1.29 is 9.47 Å². The topological polar surface area (TPSA) is 18.5 Å². The predicted molar refractivity (Wildman–Crippen MR) is 46.9 cm³/mol. The van der Waals surface area contributed by atoms with Crippen LogP contribution >= 0.6 is 0 Å². The molecule has 0 atom stereocenters. The lowest BCUT2D eigenvalue weighted by atomic mass is 9.94. The molecule has 0 saturated carbocycles. The number of allylic oxidation sites excluding steroid dienone is 1. The van der Waals surface area contributed by atoms with Crippen molar-refractivity contribution in [2.24, 2.45) is 0 Å². The maximum absolute atomic E-state index is 5.69. The van der Waals surface area contributed by atoms with E-state index in [9.17, 15) is 0 Å². The summed E-state index contributed by atoms with van der Waals surface area (Å²) in [7, 11) is 0. The Kier molecular flexibility index (Phi) is 2.20. The van der Waals surface area contributed by atoms with E-state index in [1.54, 1.807) is 0 Å². The molecule has 12 heavy (non-hydrogen) atoms. The Balaban J connectivity index is 2.02. The van der Waals surface area contributed by atoms with Crippen LogP contribution in [0.15, 0.2) is 11.6 Å². The molecule has 2 nitrogen and oxygen atoms in total. The lowest BCUT2D eigenvalue weighted by Gasteiger charge is -2.38. The first-order chi connectivity index (χ1) is 5.81. The first-order valence-corrected chi connectivity index (χ1v) is 4.74. The van der Waals surface area contributed by atoms with Gasteiger partial charge in [-0.05, 0) is 19.8 Å². The van der Waals surface area contributed by atoms with Gasteiger partial charge in [0.2, 0.25) is 0 Å².